The SMILES string of the molecule is CCCCCCCCCCCCCCCC[NH+]1CCCCC1.C[N+](C)(C)Cc1ccccc1.[Cl-].[Cl-]. The minimum absolute atomic E-state index is 0. The Hall–Kier alpha value is -0.280. The van der Waals surface area contributed by atoms with Crippen LogP contribution in [0.2, 0.25) is 0 Å². The van der Waals surface area contributed by atoms with Gasteiger partial charge in [0, 0.05) is 5.56 Å². The maximum absolute atomic E-state index is 2.30. The standard InChI is InChI=1S/C21H43N.C10H16N.2ClH/c1-2-3-4-5-6-7-8-9-10-11-12-13-14-16-19-22-20-17-15-18-21-22;1-11(2,3)9-10-7-5-4-6-8-10;;/h2-21H2,1H3;4-8H,9H2,1-3H3;2*1H/q;+1;;/p-1. The first-order valence-electron chi connectivity index (χ1n) is 14.7. The minimum Gasteiger partial charge on any atom is -1.00 e. The van der Waals surface area contributed by atoms with Gasteiger partial charge in [-0.2, -0.15) is 0 Å². The molecule has 0 unspecified atom stereocenters. The summed E-state index contributed by atoms with van der Waals surface area (Å²) in [4.78, 5) is 1.89. The maximum atomic E-state index is 2.30. The Morgan fingerprint density at radius 2 is 1.03 bits per heavy atom. The molecule has 0 amide bonds. The molecule has 1 fully saturated rings. The van der Waals surface area contributed by atoms with Crippen molar-refractivity contribution in [1.82, 2.24) is 0 Å². The van der Waals surface area contributed by atoms with E-state index >= 15 is 0 Å². The molecule has 4 heteroatoms. The van der Waals surface area contributed by atoms with E-state index in [1.165, 1.54) is 134 Å². The van der Waals surface area contributed by atoms with E-state index in [1.807, 2.05) is 4.90 Å². The number of nitrogens with zero attached hydrogens (tertiary/aromatic N) is 1. The molecule has 0 radical (unpaired) electrons. The van der Waals surface area contributed by atoms with Crippen LogP contribution in [0, 0.1) is 0 Å². The highest BCUT2D eigenvalue weighted by Crippen LogP contribution is 2.12. The third-order valence-corrected chi connectivity index (χ3v) is 6.94. The van der Waals surface area contributed by atoms with Crippen molar-refractivity contribution in [3.63, 3.8) is 0 Å². The highest BCUT2D eigenvalue weighted by molar-refractivity contribution is 5.13. The van der Waals surface area contributed by atoms with Crippen molar-refractivity contribution in [2.45, 2.75) is 123 Å². The molecule has 208 valence electrons. The number of hydrogen-bond acceptors (Lipinski definition) is 0. The van der Waals surface area contributed by atoms with Crippen LogP contribution < -0.4 is 29.7 Å². The average Bonchev–Trinajstić information content (AvgIpc) is 2.80. The monoisotopic (exact) mass is 530 g/mol. The highest BCUT2D eigenvalue weighted by Gasteiger charge is 2.12. The molecule has 35 heavy (non-hydrogen) atoms. The number of hydrogen-bond donors (Lipinski definition) is 1. The van der Waals surface area contributed by atoms with E-state index in [0.29, 0.717) is 0 Å². The van der Waals surface area contributed by atoms with Gasteiger partial charge in [0.15, 0.2) is 0 Å². The summed E-state index contributed by atoms with van der Waals surface area (Å²) in [6, 6.07) is 10.6. The first-order chi connectivity index (χ1) is 16.0. The van der Waals surface area contributed by atoms with Gasteiger partial charge in [0.25, 0.3) is 0 Å². The van der Waals surface area contributed by atoms with Crippen LogP contribution in [0.4, 0.5) is 0 Å². The van der Waals surface area contributed by atoms with E-state index in [4.69, 9.17) is 0 Å². The van der Waals surface area contributed by atoms with Gasteiger partial charge < -0.3 is 34.2 Å². The van der Waals surface area contributed by atoms with E-state index in [0.717, 1.165) is 11.0 Å². The van der Waals surface area contributed by atoms with Gasteiger partial charge in [0.2, 0.25) is 0 Å². The number of piperidine rings is 1. The quantitative estimate of drug-likeness (QED) is 0.229. The smallest absolute Gasteiger partial charge is 0.104 e. The summed E-state index contributed by atoms with van der Waals surface area (Å²) in [6.07, 6.45) is 25.1. The van der Waals surface area contributed by atoms with Crippen LogP contribution in [0.25, 0.3) is 0 Å². The number of halogens is 2. The van der Waals surface area contributed by atoms with Gasteiger partial charge in [-0.05, 0) is 32.1 Å². The molecule has 1 aromatic carbocycles. The Bertz CT molecular complexity index is 525. The van der Waals surface area contributed by atoms with Crippen molar-refractivity contribution in [3.8, 4) is 0 Å². The Kier molecular flexibility index (Phi) is 26.7. The lowest BCUT2D eigenvalue weighted by Crippen LogP contribution is -3.12. The lowest BCUT2D eigenvalue weighted by Gasteiger charge is -2.23. The van der Waals surface area contributed by atoms with Crippen molar-refractivity contribution >= 4 is 0 Å². The number of quaternary nitrogens is 2. The summed E-state index contributed by atoms with van der Waals surface area (Å²) in [5, 5.41) is 0. The number of rotatable bonds is 17. The van der Waals surface area contributed by atoms with E-state index in [9.17, 15) is 0 Å². The molecule has 0 bridgehead atoms. The van der Waals surface area contributed by atoms with Crippen LogP contribution in [0.1, 0.15) is 122 Å². The average molecular weight is 532 g/mol. The van der Waals surface area contributed by atoms with Crippen molar-refractivity contribution in [1.29, 1.82) is 0 Å². The molecule has 0 aliphatic carbocycles. The second-order valence-corrected chi connectivity index (χ2v) is 11.6. The van der Waals surface area contributed by atoms with E-state index < -0.39 is 0 Å². The lowest BCUT2D eigenvalue weighted by atomic mass is 10.0. The van der Waals surface area contributed by atoms with Gasteiger partial charge in [-0.1, -0.05) is 114 Å². The zero-order valence-electron chi connectivity index (χ0n) is 23.9. The maximum Gasteiger partial charge on any atom is 0.104 e. The third-order valence-electron chi connectivity index (χ3n) is 6.94. The summed E-state index contributed by atoms with van der Waals surface area (Å²) in [5.41, 5.74) is 1.40. The molecule has 1 N–H and O–H groups in total. The summed E-state index contributed by atoms with van der Waals surface area (Å²) in [6.45, 7) is 7.77. The van der Waals surface area contributed by atoms with E-state index in [1.54, 1.807) is 0 Å². The highest BCUT2D eigenvalue weighted by atomic mass is 35.5. The fourth-order valence-electron chi connectivity index (χ4n) is 5.00. The molecule has 1 heterocycles. The van der Waals surface area contributed by atoms with Gasteiger partial charge in [0.1, 0.15) is 6.54 Å². The number of likely N-dealkylation sites (tertiary alicyclic amines) is 1. The minimum atomic E-state index is 0. The number of nitrogens with one attached hydrogen (secondary N) is 1. The molecule has 1 saturated heterocycles. The van der Waals surface area contributed by atoms with Crippen molar-refractivity contribution < 1.29 is 34.2 Å². The van der Waals surface area contributed by atoms with Crippen LogP contribution in [-0.2, 0) is 6.54 Å². The predicted octanol–water partition coefficient (Wildman–Crippen LogP) is 1.44. The van der Waals surface area contributed by atoms with Crippen molar-refractivity contribution in [2.24, 2.45) is 0 Å². The molecule has 0 saturated carbocycles. The van der Waals surface area contributed by atoms with Gasteiger partial charge in [0.05, 0.1) is 40.8 Å². The van der Waals surface area contributed by atoms with Gasteiger partial charge in [-0.25, -0.2) is 0 Å². The molecule has 2 nitrogen and oxygen atoms in total. The Labute approximate surface area is 233 Å². The zero-order valence-corrected chi connectivity index (χ0v) is 25.5. The molecule has 1 aromatic rings. The molecule has 1 aliphatic rings. The summed E-state index contributed by atoms with van der Waals surface area (Å²) in [5.74, 6) is 0. The zero-order chi connectivity index (χ0) is 24.0. The largest absolute Gasteiger partial charge is 1.00 e. The number of benzene rings is 1. The molecule has 0 aromatic heterocycles. The van der Waals surface area contributed by atoms with Crippen LogP contribution in [0.5, 0.6) is 0 Å². The molecule has 0 spiro atoms. The Balaban J connectivity index is 0. The molecule has 2 rings (SSSR count). The first-order valence-corrected chi connectivity index (χ1v) is 14.7. The predicted molar refractivity (Wildman–Crippen MR) is 148 cm³/mol. The molecule has 1 aliphatic heterocycles. The second kappa shape index (κ2) is 25.4. The Morgan fingerprint density at radius 1 is 0.600 bits per heavy atom. The van der Waals surface area contributed by atoms with Crippen LogP contribution >= 0.6 is 0 Å². The van der Waals surface area contributed by atoms with Crippen LogP contribution in [0.15, 0.2) is 30.3 Å². The summed E-state index contributed by atoms with van der Waals surface area (Å²) < 4.78 is 0.990. The molecule has 0 atom stereocenters. The summed E-state index contributed by atoms with van der Waals surface area (Å²) in [7, 11) is 6.60. The third kappa shape index (κ3) is 25.2. The fraction of sp³-hybridized carbons (Fsp3) is 0.806. The van der Waals surface area contributed by atoms with Crippen molar-refractivity contribution in [2.75, 3.05) is 40.8 Å². The summed E-state index contributed by atoms with van der Waals surface area (Å²) >= 11 is 0. The number of unbranched alkanes of at least 4 members (excludes halogenated alkanes) is 13. The van der Waals surface area contributed by atoms with E-state index in [-0.39, 0.29) is 24.8 Å². The van der Waals surface area contributed by atoms with Crippen molar-refractivity contribution in [3.05, 3.63) is 35.9 Å². The molecular formula is C31H60Cl2N2. The van der Waals surface area contributed by atoms with Gasteiger partial charge in [-0.15, -0.1) is 0 Å². The van der Waals surface area contributed by atoms with Crippen LogP contribution in [-0.4, -0.2) is 45.3 Å². The normalized spacial score (nSPS) is 13.8. The lowest BCUT2D eigenvalue weighted by molar-refractivity contribution is -0.905. The van der Waals surface area contributed by atoms with E-state index in [2.05, 4.69) is 58.4 Å². The second-order valence-electron chi connectivity index (χ2n) is 11.6. The fourth-order valence-corrected chi connectivity index (χ4v) is 5.00. The molecular weight excluding hydrogens is 471 g/mol. The van der Waals surface area contributed by atoms with Crippen LogP contribution in [0.3, 0.4) is 0 Å². The first kappa shape index (κ1) is 36.9. The van der Waals surface area contributed by atoms with Gasteiger partial charge in [-0.3, -0.25) is 0 Å². The van der Waals surface area contributed by atoms with Gasteiger partial charge >= 0.3 is 0 Å². The Morgan fingerprint density at radius 3 is 1.46 bits per heavy atom. The topological polar surface area (TPSA) is 4.44 Å².